The molecule has 2 rings (SSSR count). The zero-order valence-corrected chi connectivity index (χ0v) is 18.7. The first-order valence-corrected chi connectivity index (χ1v) is 10.3. The van der Waals surface area contributed by atoms with Crippen LogP contribution in [0, 0.1) is 12.8 Å². The van der Waals surface area contributed by atoms with Crippen LogP contribution in [0.15, 0.2) is 12.3 Å². The minimum atomic E-state index is -1.35. The molecular weight excluding hydrogens is 422 g/mol. The van der Waals surface area contributed by atoms with E-state index in [2.05, 4.69) is 15.6 Å². The molecule has 32 heavy (non-hydrogen) atoms. The van der Waals surface area contributed by atoms with E-state index < -0.39 is 54.7 Å². The topological polar surface area (TPSA) is 153 Å². The molecule has 1 aliphatic heterocycles. The van der Waals surface area contributed by atoms with Gasteiger partial charge in [0.25, 0.3) is 5.91 Å². The number of aryl methyl sites for hydroxylation is 1. The van der Waals surface area contributed by atoms with Crippen molar-refractivity contribution < 1.29 is 38.5 Å². The van der Waals surface area contributed by atoms with E-state index in [0.29, 0.717) is 5.56 Å². The summed E-state index contributed by atoms with van der Waals surface area (Å²) in [6.45, 7) is 7.77. The second-order valence-corrected chi connectivity index (χ2v) is 7.81. The van der Waals surface area contributed by atoms with Crippen molar-refractivity contribution in [2.45, 2.75) is 65.3 Å². The molecule has 176 valence electrons. The molecular formula is C21H29N3O8. The number of amides is 2. The van der Waals surface area contributed by atoms with Crippen LogP contribution in [0.1, 0.15) is 50.2 Å². The summed E-state index contributed by atoms with van der Waals surface area (Å²) in [5.41, 5.74) is 0.141. The molecule has 0 unspecified atom stereocenters. The summed E-state index contributed by atoms with van der Waals surface area (Å²) in [6, 6.07) is -0.0316. The molecule has 11 nitrogen and oxygen atoms in total. The maximum atomic E-state index is 12.7. The van der Waals surface area contributed by atoms with Gasteiger partial charge in [0.2, 0.25) is 0 Å². The normalized spacial score (nSPS) is 23.8. The summed E-state index contributed by atoms with van der Waals surface area (Å²) in [4.78, 5) is 53.8. The first-order chi connectivity index (χ1) is 15.0. The fourth-order valence-electron chi connectivity index (χ4n) is 3.15. The van der Waals surface area contributed by atoms with Crippen molar-refractivity contribution in [3.8, 4) is 5.75 Å². The van der Waals surface area contributed by atoms with Crippen molar-refractivity contribution in [1.82, 2.24) is 15.6 Å². The van der Waals surface area contributed by atoms with Gasteiger partial charge in [-0.2, -0.15) is 0 Å². The van der Waals surface area contributed by atoms with Gasteiger partial charge in [-0.15, -0.1) is 0 Å². The van der Waals surface area contributed by atoms with Crippen LogP contribution in [0.5, 0.6) is 5.75 Å². The summed E-state index contributed by atoms with van der Waals surface area (Å²) < 4.78 is 16.0. The average molecular weight is 451 g/mol. The van der Waals surface area contributed by atoms with Crippen molar-refractivity contribution in [3.05, 3.63) is 23.5 Å². The highest BCUT2D eigenvalue weighted by Crippen LogP contribution is 2.23. The van der Waals surface area contributed by atoms with Gasteiger partial charge in [0, 0.05) is 12.2 Å². The van der Waals surface area contributed by atoms with Gasteiger partial charge in [0.15, 0.2) is 17.8 Å². The highest BCUT2D eigenvalue weighted by molar-refractivity contribution is 5.97. The number of cyclic esters (lactones) is 2. The van der Waals surface area contributed by atoms with E-state index in [1.807, 2.05) is 0 Å². The number of alkyl carbamates (subject to hydrolysis) is 1. The maximum Gasteiger partial charge on any atom is 0.407 e. The minimum Gasteiger partial charge on any atom is -0.505 e. The van der Waals surface area contributed by atoms with E-state index in [0.717, 1.165) is 0 Å². The molecule has 0 saturated carbocycles. The molecule has 0 radical (unpaired) electrons. The van der Waals surface area contributed by atoms with E-state index in [-0.39, 0.29) is 23.9 Å². The quantitative estimate of drug-likeness (QED) is 0.443. The van der Waals surface area contributed by atoms with Gasteiger partial charge in [-0.1, -0.05) is 6.92 Å². The Kier molecular flexibility index (Phi) is 8.39. The third-order valence-electron chi connectivity index (χ3n) is 4.88. The average Bonchev–Trinajstić information content (AvgIpc) is 2.74. The molecule has 0 spiro atoms. The Morgan fingerprint density at radius 1 is 1.31 bits per heavy atom. The predicted molar refractivity (Wildman–Crippen MR) is 111 cm³/mol. The van der Waals surface area contributed by atoms with E-state index in [1.165, 1.54) is 19.2 Å². The number of carbonyl (C=O) groups excluding carboxylic acids is 4. The number of aromatic hydroxyl groups is 1. The molecule has 3 N–H and O–H groups in total. The monoisotopic (exact) mass is 451 g/mol. The number of esters is 2. The number of nitrogens with zero attached hydrogens (tertiary/aromatic N) is 1. The number of aromatic nitrogens is 1. The molecule has 0 bridgehead atoms. The molecule has 1 aromatic heterocycles. The third-order valence-corrected chi connectivity index (χ3v) is 4.88. The Hall–Kier alpha value is -3.37. The van der Waals surface area contributed by atoms with Crippen molar-refractivity contribution in [3.63, 3.8) is 0 Å². The molecule has 1 fully saturated rings. The Balaban J connectivity index is 2.22. The van der Waals surface area contributed by atoms with Gasteiger partial charge in [-0.25, -0.2) is 14.6 Å². The number of hydrogen-bond acceptors (Lipinski definition) is 9. The molecule has 1 aromatic rings. The van der Waals surface area contributed by atoms with Gasteiger partial charge in [0.05, 0.1) is 5.92 Å². The Morgan fingerprint density at radius 2 is 2.00 bits per heavy atom. The van der Waals surface area contributed by atoms with E-state index in [4.69, 9.17) is 14.2 Å². The standard InChI is InChI=1S/C21H29N3O8/c1-6-13-17(32-21(29)23-10(2)3)12(5)31-20(28)14(9-30-19(13)27)24-18(26)15-16(25)11(4)7-8-22-15/h7-8,10,12-14,17,25H,6,9H2,1-5H3,(H,23,29)(H,24,26)/t12-,13+,14-,17-/m0/s1. The molecule has 0 aliphatic carbocycles. The van der Waals surface area contributed by atoms with Crippen molar-refractivity contribution in [1.29, 1.82) is 0 Å². The van der Waals surface area contributed by atoms with Gasteiger partial charge in [-0.3, -0.25) is 9.59 Å². The van der Waals surface area contributed by atoms with Crippen LogP contribution in [0.4, 0.5) is 4.79 Å². The number of rotatable bonds is 5. The largest absolute Gasteiger partial charge is 0.505 e. The van der Waals surface area contributed by atoms with Crippen LogP contribution in [0.2, 0.25) is 0 Å². The lowest BCUT2D eigenvalue weighted by Gasteiger charge is -2.28. The van der Waals surface area contributed by atoms with Crippen LogP contribution >= 0.6 is 0 Å². The fraction of sp³-hybridized carbons (Fsp3) is 0.571. The highest BCUT2D eigenvalue weighted by atomic mass is 16.6. The van der Waals surface area contributed by atoms with Crippen LogP contribution in [-0.4, -0.2) is 64.9 Å². The number of nitrogens with one attached hydrogen (secondary N) is 2. The summed E-state index contributed by atoms with van der Waals surface area (Å²) in [7, 11) is 0. The van der Waals surface area contributed by atoms with Gasteiger partial charge in [0.1, 0.15) is 18.5 Å². The number of hydrogen-bond donors (Lipinski definition) is 3. The highest BCUT2D eigenvalue weighted by Gasteiger charge is 2.41. The Labute approximate surface area is 185 Å². The van der Waals surface area contributed by atoms with Crippen molar-refractivity contribution in [2.75, 3.05) is 6.61 Å². The molecule has 0 aromatic carbocycles. The lowest BCUT2D eigenvalue weighted by atomic mass is 9.95. The van der Waals surface area contributed by atoms with E-state index in [1.54, 1.807) is 27.7 Å². The van der Waals surface area contributed by atoms with Crippen molar-refractivity contribution in [2.24, 2.45) is 5.92 Å². The minimum absolute atomic E-state index is 0.199. The smallest absolute Gasteiger partial charge is 0.407 e. The Bertz CT molecular complexity index is 873. The summed E-state index contributed by atoms with van der Waals surface area (Å²) in [6.07, 6.45) is -1.25. The molecule has 1 aliphatic rings. The summed E-state index contributed by atoms with van der Waals surface area (Å²) >= 11 is 0. The number of ether oxygens (including phenoxy) is 3. The third kappa shape index (κ3) is 6.08. The first kappa shape index (κ1) is 24.9. The van der Waals surface area contributed by atoms with Gasteiger partial charge < -0.3 is 30.0 Å². The van der Waals surface area contributed by atoms with Crippen LogP contribution in [0.25, 0.3) is 0 Å². The zero-order valence-electron chi connectivity index (χ0n) is 18.7. The second-order valence-electron chi connectivity index (χ2n) is 7.81. The Morgan fingerprint density at radius 3 is 2.62 bits per heavy atom. The maximum absolute atomic E-state index is 12.7. The summed E-state index contributed by atoms with van der Waals surface area (Å²) in [5, 5.41) is 15.0. The molecule has 4 atom stereocenters. The van der Waals surface area contributed by atoms with Gasteiger partial charge >= 0.3 is 18.0 Å². The van der Waals surface area contributed by atoms with Crippen LogP contribution in [-0.2, 0) is 23.8 Å². The molecule has 2 heterocycles. The predicted octanol–water partition coefficient (Wildman–Crippen LogP) is 1.21. The number of carbonyl (C=O) groups is 4. The lowest BCUT2D eigenvalue weighted by molar-refractivity contribution is -0.159. The zero-order chi connectivity index (χ0) is 24.0. The van der Waals surface area contributed by atoms with E-state index >= 15 is 0 Å². The second kappa shape index (κ2) is 10.8. The van der Waals surface area contributed by atoms with Crippen LogP contribution < -0.4 is 10.6 Å². The van der Waals surface area contributed by atoms with Crippen molar-refractivity contribution >= 4 is 23.9 Å². The summed E-state index contributed by atoms with van der Waals surface area (Å²) in [5.74, 6) is -3.64. The van der Waals surface area contributed by atoms with E-state index in [9.17, 15) is 24.3 Å². The SMILES string of the molecule is CC[C@H]1C(=O)OC[C@H](NC(=O)c2nccc(C)c2O)C(=O)O[C@@H](C)[C@@H]1OC(=O)NC(C)C. The molecule has 2 amide bonds. The lowest BCUT2D eigenvalue weighted by Crippen LogP contribution is -2.47. The molecule has 1 saturated heterocycles. The molecule has 11 heteroatoms. The fourth-order valence-corrected chi connectivity index (χ4v) is 3.15. The first-order valence-electron chi connectivity index (χ1n) is 10.3. The van der Waals surface area contributed by atoms with Crippen LogP contribution in [0.3, 0.4) is 0 Å². The number of pyridine rings is 1. The van der Waals surface area contributed by atoms with Gasteiger partial charge in [-0.05, 0) is 45.7 Å².